The molecule has 0 aliphatic carbocycles. The van der Waals surface area contributed by atoms with Crippen LogP contribution in [0.25, 0.3) is 0 Å². The highest BCUT2D eigenvalue weighted by Crippen LogP contribution is 1.53. The summed E-state index contributed by atoms with van der Waals surface area (Å²) in [6, 6.07) is 0. The van der Waals surface area contributed by atoms with Crippen LogP contribution in [0.15, 0.2) is 0 Å². The Kier molecular flexibility index (Phi) is 36.0. The Morgan fingerprint density at radius 1 is 1.43 bits per heavy atom. The van der Waals surface area contributed by atoms with Crippen molar-refractivity contribution in [3.63, 3.8) is 0 Å². The van der Waals surface area contributed by atoms with Crippen LogP contribution in [0.1, 0.15) is 0 Å². The third-order valence-electron chi connectivity index (χ3n) is 0.239. The maximum atomic E-state index is 10.9. The van der Waals surface area contributed by atoms with E-state index >= 15 is 0 Å². The molecule has 0 rings (SSSR count). The Balaban J connectivity index is -0.0000000800. The highest BCUT2D eigenvalue weighted by atomic mass is 35.5. The minimum Gasteiger partial charge on any atom is -0.271 e. The number of rotatable bonds is 2. The van der Waals surface area contributed by atoms with E-state index in [1.165, 1.54) is 0 Å². The predicted molar refractivity (Wildman–Crippen MR) is 32.7 cm³/mol. The van der Waals surface area contributed by atoms with Crippen LogP contribution in [0.5, 0.6) is 0 Å². The van der Waals surface area contributed by atoms with E-state index in [4.69, 9.17) is 0 Å². The fourth-order valence-electron chi connectivity index (χ4n) is 0.0546. The fraction of sp³-hybridized carbons (Fsp3) is 1.00. The zero-order chi connectivity index (χ0) is 4.12. The molecule has 0 amide bonds. The van der Waals surface area contributed by atoms with Gasteiger partial charge >= 0.3 is 0 Å². The highest BCUT2D eigenvalue weighted by molar-refractivity contribution is 5.85. The van der Waals surface area contributed by atoms with Crippen LogP contribution in [0.4, 0.5) is 4.39 Å². The van der Waals surface area contributed by atoms with Crippen molar-refractivity contribution in [2.24, 2.45) is 5.84 Å². The summed E-state index contributed by atoms with van der Waals surface area (Å²) in [5.41, 5.74) is 2.14. The van der Waals surface area contributed by atoms with E-state index in [9.17, 15) is 4.39 Å². The Morgan fingerprint density at radius 3 is 1.86 bits per heavy atom. The average Bonchev–Trinajstić information content (AvgIpc) is 1.41. The smallest absolute Gasteiger partial charge is 0.103 e. The second-order valence-corrected chi connectivity index (χ2v) is 0.643. The van der Waals surface area contributed by atoms with Gasteiger partial charge < -0.3 is 0 Å². The van der Waals surface area contributed by atoms with Crippen LogP contribution in [-0.2, 0) is 0 Å². The van der Waals surface area contributed by atoms with Crippen molar-refractivity contribution < 1.29 is 4.39 Å². The number of halogens is 3. The molecule has 0 heterocycles. The molecular formula is C2H9Cl2FN2. The summed E-state index contributed by atoms with van der Waals surface area (Å²) in [7, 11) is 0. The van der Waals surface area contributed by atoms with E-state index in [-0.39, 0.29) is 31.4 Å². The number of hydrogen-bond acceptors (Lipinski definition) is 2. The number of nitrogens with two attached hydrogens (primary N) is 1. The van der Waals surface area contributed by atoms with Crippen molar-refractivity contribution in [2.75, 3.05) is 13.2 Å². The van der Waals surface area contributed by atoms with Gasteiger partial charge in [-0.1, -0.05) is 0 Å². The molecule has 0 radical (unpaired) electrons. The van der Waals surface area contributed by atoms with Gasteiger partial charge in [-0.2, -0.15) is 0 Å². The summed E-state index contributed by atoms with van der Waals surface area (Å²) in [5.74, 6) is 4.65. The van der Waals surface area contributed by atoms with Crippen molar-refractivity contribution in [3.8, 4) is 0 Å². The summed E-state index contributed by atoms with van der Waals surface area (Å²) in [6.07, 6.45) is 0. The third-order valence-corrected chi connectivity index (χ3v) is 0.239. The Hall–Kier alpha value is 0.430. The monoisotopic (exact) mass is 150 g/mol. The van der Waals surface area contributed by atoms with E-state index in [1.54, 1.807) is 0 Å². The van der Waals surface area contributed by atoms with E-state index in [1.807, 2.05) is 0 Å². The molecule has 0 fully saturated rings. The lowest BCUT2D eigenvalue weighted by atomic mass is 10.8. The van der Waals surface area contributed by atoms with Crippen LogP contribution < -0.4 is 11.3 Å². The normalized spacial score (nSPS) is 6.00. The molecule has 2 nitrogen and oxygen atoms in total. The van der Waals surface area contributed by atoms with Gasteiger partial charge in [-0.25, -0.2) is 4.39 Å². The number of nitrogens with one attached hydrogen (secondary N) is 1. The van der Waals surface area contributed by atoms with Crippen molar-refractivity contribution in [2.45, 2.75) is 0 Å². The molecule has 0 aromatic rings. The molecule has 0 aromatic carbocycles. The molecule has 0 saturated heterocycles. The molecule has 5 heteroatoms. The van der Waals surface area contributed by atoms with Crippen LogP contribution in [0.2, 0.25) is 0 Å². The van der Waals surface area contributed by atoms with E-state index in [2.05, 4.69) is 11.3 Å². The molecular weight excluding hydrogens is 142 g/mol. The molecule has 0 atom stereocenters. The number of hydrazine groups is 1. The van der Waals surface area contributed by atoms with Crippen molar-refractivity contribution in [1.29, 1.82) is 0 Å². The first-order chi connectivity index (χ1) is 2.41. The van der Waals surface area contributed by atoms with Gasteiger partial charge in [-0.3, -0.25) is 11.3 Å². The van der Waals surface area contributed by atoms with Gasteiger partial charge in [0.25, 0.3) is 0 Å². The quantitative estimate of drug-likeness (QED) is 0.438. The topological polar surface area (TPSA) is 38.0 Å². The van der Waals surface area contributed by atoms with Crippen LogP contribution in [0.3, 0.4) is 0 Å². The SMILES string of the molecule is Cl.Cl.NNCCF. The maximum absolute atomic E-state index is 10.9. The van der Waals surface area contributed by atoms with Crippen LogP contribution >= 0.6 is 24.8 Å². The first-order valence-corrected chi connectivity index (χ1v) is 1.41. The zero-order valence-corrected chi connectivity index (χ0v) is 5.32. The lowest BCUT2D eigenvalue weighted by molar-refractivity contribution is 0.472. The molecule has 0 unspecified atom stereocenters. The lowest BCUT2D eigenvalue weighted by Gasteiger charge is -1.82. The molecule has 0 aromatic heterocycles. The molecule has 0 spiro atoms. The van der Waals surface area contributed by atoms with Gasteiger partial charge in [-0.15, -0.1) is 24.8 Å². The minimum absolute atomic E-state index is 0. The Morgan fingerprint density at radius 2 is 1.86 bits per heavy atom. The minimum atomic E-state index is -0.392. The molecule has 0 aliphatic rings. The number of alkyl halides is 1. The molecule has 7 heavy (non-hydrogen) atoms. The van der Waals surface area contributed by atoms with Gasteiger partial charge in [0.15, 0.2) is 0 Å². The summed E-state index contributed by atoms with van der Waals surface area (Å²) in [6.45, 7) is -0.142. The van der Waals surface area contributed by atoms with Crippen molar-refractivity contribution >= 4 is 24.8 Å². The van der Waals surface area contributed by atoms with Crippen molar-refractivity contribution in [3.05, 3.63) is 0 Å². The van der Waals surface area contributed by atoms with Gasteiger partial charge in [0.1, 0.15) is 6.67 Å². The Labute approximate surface area is 54.4 Å². The van der Waals surface area contributed by atoms with Gasteiger partial charge in [0.05, 0.1) is 0 Å². The van der Waals surface area contributed by atoms with Crippen molar-refractivity contribution in [1.82, 2.24) is 5.43 Å². The molecule has 0 aliphatic heterocycles. The Bertz CT molecular complexity index is 21.2. The summed E-state index contributed by atoms with van der Waals surface area (Å²) in [4.78, 5) is 0. The summed E-state index contributed by atoms with van der Waals surface area (Å²) >= 11 is 0. The zero-order valence-electron chi connectivity index (χ0n) is 3.69. The second-order valence-electron chi connectivity index (χ2n) is 0.643. The number of hydrogen-bond donors (Lipinski definition) is 2. The average molecular weight is 151 g/mol. The summed E-state index contributed by atoms with van der Waals surface area (Å²) < 4.78 is 10.9. The molecule has 0 bridgehead atoms. The molecule has 48 valence electrons. The van der Waals surface area contributed by atoms with Gasteiger partial charge in [0.2, 0.25) is 0 Å². The lowest BCUT2D eigenvalue weighted by Crippen LogP contribution is -2.23. The van der Waals surface area contributed by atoms with E-state index in [0.717, 1.165) is 0 Å². The van der Waals surface area contributed by atoms with Gasteiger partial charge in [-0.05, 0) is 0 Å². The van der Waals surface area contributed by atoms with E-state index in [0.29, 0.717) is 0 Å². The molecule has 3 N–H and O–H groups in total. The van der Waals surface area contributed by atoms with E-state index < -0.39 is 6.67 Å². The summed E-state index contributed by atoms with van der Waals surface area (Å²) in [5, 5.41) is 0. The third kappa shape index (κ3) is 21.4. The second kappa shape index (κ2) is 16.1. The van der Waals surface area contributed by atoms with Crippen LogP contribution in [0, 0.1) is 0 Å². The molecule has 0 saturated carbocycles. The fourth-order valence-corrected chi connectivity index (χ4v) is 0.0546. The van der Waals surface area contributed by atoms with Gasteiger partial charge in [0, 0.05) is 6.54 Å². The predicted octanol–water partition coefficient (Wildman–Crippen LogP) is 0.263. The van der Waals surface area contributed by atoms with Crippen LogP contribution in [-0.4, -0.2) is 13.2 Å². The first kappa shape index (κ1) is 15.7. The first-order valence-electron chi connectivity index (χ1n) is 1.41. The maximum Gasteiger partial charge on any atom is 0.103 e. The highest BCUT2D eigenvalue weighted by Gasteiger charge is 1.68. The standard InChI is InChI=1S/C2H7FN2.2ClH/c3-1-2-5-4;;/h5H,1-2,4H2;2*1H. The largest absolute Gasteiger partial charge is 0.271 e.